The summed E-state index contributed by atoms with van der Waals surface area (Å²) in [5.74, 6) is -1.12. The number of aliphatic hydroxyl groups excluding tert-OH is 3. The summed E-state index contributed by atoms with van der Waals surface area (Å²) in [6.45, 7) is 2.53. The normalized spacial score (nSPS) is 22.3. The molecule has 30 heteroatoms. The van der Waals surface area contributed by atoms with Gasteiger partial charge >= 0.3 is 23.5 Å². The summed E-state index contributed by atoms with van der Waals surface area (Å²) in [6.07, 6.45) is 6.65. The Morgan fingerprint density at radius 3 is 2.42 bits per heavy atom. The van der Waals surface area contributed by atoms with E-state index in [1.165, 1.54) is 13.8 Å². The molecule has 400 valence electrons. The van der Waals surface area contributed by atoms with E-state index in [0.29, 0.717) is 31.4 Å². The molecule has 4 rings (SSSR count). The standard InChI is InChI=1S/C41H66N7O19P3S/c1-4-5-8-11-27(49)16-14-26-15-17-29(50)28(26)12-9-6-7-10-13-32(52)71-21-20-43-31(51)18-19-44-39(55)36(54)41(2,3)23-64-70(61,62)67-69(59,60)63-22-30-35(66-68(56,57)58)34(53)40(65-30)48-25-47-33-37(42)45-24-46-38(33)48/h14-16,24-25,27-28,30,34-36,40,49,53-54H,4-13,17-23H2,1-3H3,(H,43,51)(H,44,55)(H,59,60)(H,61,62)(H2,42,45,46)(H2,56,57,58)/b16-14+. The molecule has 1 fully saturated rings. The van der Waals surface area contributed by atoms with E-state index in [2.05, 4.69) is 41.3 Å². The molecule has 2 aromatic heterocycles. The number of carbonyl (C=O) groups is 4. The molecule has 0 saturated carbocycles. The molecular formula is C41H66N7O19P3S. The number of ether oxygens (including phenoxy) is 1. The van der Waals surface area contributed by atoms with Gasteiger partial charge < -0.3 is 56.0 Å². The van der Waals surface area contributed by atoms with Crippen molar-refractivity contribution < 1.29 is 90.4 Å². The number of phosphoric acid groups is 3. The van der Waals surface area contributed by atoms with Crippen molar-refractivity contribution in [1.82, 2.24) is 30.2 Å². The average Bonchev–Trinajstić information content (AvgIpc) is 3.97. The van der Waals surface area contributed by atoms with Gasteiger partial charge in [0.15, 0.2) is 22.8 Å². The lowest BCUT2D eigenvalue weighted by Gasteiger charge is -2.30. The van der Waals surface area contributed by atoms with E-state index < -0.39 is 90.7 Å². The van der Waals surface area contributed by atoms with Crippen molar-refractivity contribution in [2.24, 2.45) is 11.3 Å². The number of ketones is 1. The number of hydrogen-bond acceptors (Lipinski definition) is 20. The number of aliphatic hydroxyl groups is 3. The molecule has 1 aliphatic carbocycles. The number of aromatic nitrogens is 4. The van der Waals surface area contributed by atoms with Crippen LogP contribution in [-0.2, 0) is 55.5 Å². The third-order valence-corrected chi connectivity index (χ3v) is 15.4. The van der Waals surface area contributed by atoms with Gasteiger partial charge in [-0.1, -0.05) is 89.3 Å². The fraction of sp³-hybridized carbons (Fsp3) is 0.683. The number of allylic oxidation sites excluding steroid dienone is 3. The summed E-state index contributed by atoms with van der Waals surface area (Å²) >= 11 is 1.09. The molecule has 11 N–H and O–H groups in total. The Balaban J connectivity index is 1.09. The van der Waals surface area contributed by atoms with Crippen LogP contribution in [0.4, 0.5) is 5.82 Å². The second kappa shape index (κ2) is 27.8. The number of amides is 2. The SMILES string of the molecule is CCCCCC(O)/C=C/C1=CCC(=O)C1CCCCCCC(=O)SCCNC(=O)CCNC(=O)C(O)C(C)(C)COP(=O)(O)OP(=O)(O)OCC1OC(n2cnc3c(N)ncnc32)C(O)C1OP(=O)(O)O. The van der Waals surface area contributed by atoms with Crippen molar-refractivity contribution in [3.8, 4) is 0 Å². The lowest BCUT2D eigenvalue weighted by atomic mass is 9.87. The van der Waals surface area contributed by atoms with E-state index in [0.717, 1.165) is 79.5 Å². The van der Waals surface area contributed by atoms with Crippen molar-refractivity contribution in [3.63, 3.8) is 0 Å². The number of nitrogens with two attached hydrogens (primary N) is 1. The van der Waals surface area contributed by atoms with Crippen LogP contribution in [0, 0.1) is 11.3 Å². The zero-order chi connectivity index (χ0) is 52.6. The molecule has 3 heterocycles. The van der Waals surface area contributed by atoms with Crippen molar-refractivity contribution in [1.29, 1.82) is 0 Å². The van der Waals surface area contributed by atoms with Gasteiger partial charge in [-0.05, 0) is 24.8 Å². The van der Waals surface area contributed by atoms with Crippen LogP contribution >= 0.6 is 35.2 Å². The molecule has 2 aromatic rings. The van der Waals surface area contributed by atoms with E-state index >= 15 is 0 Å². The van der Waals surface area contributed by atoms with E-state index in [-0.39, 0.29) is 53.3 Å². The number of nitrogen functional groups attached to an aromatic ring is 1. The van der Waals surface area contributed by atoms with Crippen molar-refractivity contribution >= 4 is 74.9 Å². The van der Waals surface area contributed by atoms with Gasteiger partial charge in [0, 0.05) is 49.4 Å². The van der Waals surface area contributed by atoms with E-state index in [9.17, 15) is 67.8 Å². The van der Waals surface area contributed by atoms with Crippen LogP contribution in [0.15, 0.2) is 36.5 Å². The summed E-state index contributed by atoms with van der Waals surface area (Å²) in [6, 6.07) is 0. The number of thioether (sulfide) groups is 1. The monoisotopic (exact) mass is 1090 g/mol. The third-order valence-electron chi connectivity index (χ3n) is 11.3. The highest BCUT2D eigenvalue weighted by molar-refractivity contribution is 8.13. The first-order valence-corrected chi connectivity index (χ1v) is 28.5. The van der Waals surface area contributed by atoms with Gasteiger partial charge in [-0.2, -0.15) is 4.31 Å². The number of hydrogen-bond donors (Lipinski definition) is 10. The smallest absolute Gasteiger partial charge is 0.389 e. The zero-order valence-electron chi connectivity index (χ0n) is 39.6. The maximum absolute atomic E-state index is 12.8. The van der Waals surface area contributed by atoms with E-state index in [1.807, 2.05) is 12.2 Å². The Kier molecular flexibility index (Phi) is 23.6. The van der Waals surface area contributed by atoms with Crippen molar-refractivity contribution in [3.05, 3.63) is 36.5 Å². The number of nitrogens with one attached hydrogen (secondary N) is 2. The molecule has 26 nitrogen and oxygen atoms in total. The molecule has 0 spiro atoms. The zero-order valence-corrected chi connectivity index (χ0v) is 43.1. The third kappa shape index (κ3) is 19.8. The number of rotatable bonds is 32. The predicted molar refractivity (Wildman–Crippen MR) is 255 cm³/mol. The van der Waals surface area contributed by atoms with Gasteiger partial charge in [0.25, 0.3) is 0 Å². The minimum absolute atomic E-state index is 0.0185. The first-order chi connectivity index (χ1) is 33.3. The average molecular weight is 1090 g/mol. The van der Waals surface area contributed by atoms with Crippen molar-refractivity contribution in [2.45, 2.75) is 135 Å². The fourth-order valence-electron chi connectivity index (χ4n) is 7.46. The Hall–Kier alpha value is -3.33. The second-order valence-electron chi connectivity index (χ2n) is 17.6. The van der Waals surface area contributed by atoms with Gasteiger partial charge in [0.2, 0.25) is 11.8 Å². The minimum atomic E-state index is -5.59. The molecular weight excluding hydrogens is 1020 g/mol. The molecule has 9 unspecified atom stereocenters. The molecule has 1 saturated heterocycles. The number of anilines is 1. The summed E-state index contributed by atoms with van der Waals surface area (Å²) in [5.41, 5.74) is 5.21. The minimum Gasteiger partial charge on any atom is -0.389 e. The van der Waals surface area contributed by atoms with Crippen LogP contribution in [-0.4, -0.2) is 140 Å². The van der Waals surface area contributed by atoms with Crippen LogP contribution in [0.3, 0.4) is 0 Å². The molecule has 9 atom stereocenters. The highest BCUT2D eigenvalue weighted by Crippen LogP contribution is 2.61. The summed E-state index contributed by atoms with van der Waals surface area (Å²) in [5, 5.41) is 36.8. The van der Waals surface area contributed by atoms with Crippen LogP contribution in [0.25, 0.3) is 11.2 Å². The Morgan fingerprint density at radius 2 is 1.70 bits per heavy atom. The lowest BCUT2D eigenvalue weighted by molar-refractivity contribution is -0.137. The molecule has 1 aliphatic heterocycles. The number of fused-ring (bicyclic) bond motifs is 1. The molecule has 0 radical (unpaired) electrons. The number of nitrogens with zero attached hydrogens (tertiary/aromatic N) is 4. The van der Waals surface area contributed by atoms with Crippen LogP contribution < -0.4 is 16.4 Å². The van der Waals surface area contributed by atoms with Crippen LogP contribution in [0.2, 0.25) is 0 Å². The second-order valence-corrected chi connectivity index (χ2v) is 23.0. The lowest BCUT2D eigenvalue weighted by Crippen LogP contribution is -2.46. The first-order valence-electron chi connectivity index (χ1n) is 23.0. The van der Waals surface area contributed by atoms with Gasteiger partial charge in [-0.3, -0.25) is 37.3 Å². The number of imidazole rings is 1. The van der Waals surface area contributed by atoms with Crippen LogP contribution in [0.5, 0.6) is 0 Å². The Bertz CT molecular complexity index is 2330. The topological polar surface area (TPSA) is 401 Å². The number of unbranched alkanes of at least 4 members (excludes halogenated alkanes) is 5. The number of carbonyl (C=O) groups excluding carboxylic acids is 4. The maximum Gasteiger partial charge on any atom is 0.481 e. The summed E-state index contributed by atoms with van der Waals surface area (Å²) in [7, 11) is -16.5. The molecule has 0 bridgehead atoms. The highest BCUT2D eigenvalue weighted by Gasteiger charge is 2.50. The van der Waals surface area contributed by atoms with Gasteiger partial charge in [0.1, 0.15) is 42.0 Å². The summed E-state index contributed by atoms with van der Waals surface area (Å²) < 4.78 is 62.5. The first kappa shape index (κ1) is 60.2. The van der Waals surface area contributed by atoms with Gasteiger partial charge in [0.05, 0.1) is 25.6 Å². The maximum atomic E-state index is 12.8. The predicted octanol–water partition coefficient (Wildman–Crippen LogP) is 3.02. The Morgan fingerprint density at radius 1 is 0.986 bits per heavy atom. The Labute approximate surface area is 414 Å². The van der Waals surface area contributed by atoms with E-state index in [1.54, 1.807) is 6.08 Å². The molecule has 2 amide bonds. The van der Waals surface area contributed by atoms with Gasteiger partial charge in [-0.15, -0.1) is 0 Å². The molecule has 71 heavy (non-hydrogen) atoms. The van der Waals surface area contributed by atoms with Crippen LogP contribution in [0.1, 0.15) is 104 Å². The summed E-state index contributed by atoms with van der Waals surface area (Å²) in [4.78, 5) is 101. The molecule has 2 aliphatic rings. The quantitative estimate of drug-likeness (QED) is 0.0372. The fourth-order valence-corrected chi connectivity index (χ4v) is 11.0. The number of Topliss-reactive ketones (excluding diaryl/α,β-unsaturated/α-hetero) is 1. The largest absolute Gasteiger partial charge is 0.481 e. The molecule has 0 aromatic carbocycles. The number of phosphoric ester groups is 3. The highest BCUT2D eigenvalue weighted by atomic mass is 32.2. The van der Waals surface area contributed by atoms with Crippen molar-refractivity contribution in [2.75, 3.05) is 37.8 Å². The van der Waals surface area contributed by atoms with E-state index in [4.69, 9.17) is 19.5 Å². The van der Waals surface area contributed by atoms with Gasteiger partial charge in [-0.25, -0.2) is 28.6 Å².